The van der Waals surface area contributed by atoms with Gasteiger partial charge < -0.3 is 16.4 Å². The second-order valence-electron chi connectivity index (χ2n) is 3.05. The highest BCUT2D eigenvalue weighted by atomic mass is 32.2. The Balaban J connectivity index is 3.97. The summed E-state index contributed by atoms with van der Waals surface area (Å²) in [6.07, 6.45) is 2.56. The molecule has 0 aliphatic heterocycles. The van der Waals surface area contributed by atoms with Gasteiger partial charge in [0.25, 0.3) is 0 Å². The van der Waals surface area contributed by atoms with E-state index in [1.165, 1.54) is 11.9 Å². The maximum atomic E-state index is 11.5. The Morgan fingerprint density at radius 2 is 2.07 bits per heavy atom. The van der Waals surface area contributed by atoms with Crippen molar-refractivity contribution in [2.75, 3.05) is 25.6 Å². The Morgan fingerprint density at radius 3 is 2.50 bits per heavy atom. The second-order valence-corrected chi connectivity index (χ2v) is 4.03. The third-order valence-electron chi connectivity index (χ3n) is 1.72. The molecule has 0 aromatic carbocycles. The SMILES string of the molecule is CSCC[C@H](N)C(=O)N(C)CC(N)=O. The molecule has 0 aliphatic carbocycles. The zero-order valence-corrected chi connectivity index (χ0v) is 9.34. The fraction of sp³-hybridized carbons (Fsp3) is 0.750. The molecule has 1 atom stereocenters. The zero-order chi connectivity index (χ0) is 11.1. The van der Waals surface area contributed by atoms with Crippen LogP contribution < -0.4 is 11.5 Å². The summed E-state index contributed by atoms with van der Waals surface area (Å²) in [6, 6.07) is -0.535. The van der Waals surface area contributed by atoms with Crippen LogP contribution in [0.25, 0.3) is 0 Å². The number of amides is 2. The molecule has 4 N–H and O–H groups in total. The number of nitrogens with two attached hydrogens (primary N) is 2. The van der Waals surface area contributed by atoms with Crippen molar-refractivity contribution in [2.45, 2.75) is 12.5 Å². The molecule has 0 fully saturated rings. The van der Waals surface area contributed by atoms with Gasteiger partial charge in [0.2, 0.25) is 11.8 Å². The molecule has 0 aromatic rings. The fourth-order valence-electron chi connectivity index (χ4n) is 0.963. The van der Waals surface area contributed by atoms with Gasteiger partial charge >= 0.3 is 0 Å². The first-order valence-electron chi connectivity index (χ1n) is 4.26. The van der Waals surface area contributed by atoms with Crippen LogP contribution in [0.5, 0.6) is 0 Å². The second kappa shape index (κ2) is 6.67. The molecule has 0 unspecified atom stereocenters. The van der Waals surface area contributed by atoms with Gasteiger partial charge in [-0.1, -0.05) is 0 Å². The fourth-order valence-corrected chi connectivity index (χ4v) is 1.45. The molecule has 0 saturated carbocycles. The van der Waals surface area contributed by atoms with Crippen molar-refractivity contribution in [3.8, 4) is 0 Å². The third-order valence-corrected chi connectivity index (χ3v) is 2.36. The van der Waals surface area contributed by atoms with Crippen molar-refractivity contribution in [3.05, 3.63) is 0 Å². The summed E-state index contributed by atoms with van der Waals surface area (Å²) in [6.45, 7) is -0.0776. The van der Waals surface area contributed by atoms with Gasteiger partial charge in [0.15, 0.2) is 0 Å². The number of nitrogens with zero attached hydrogens (tertiary/aromatic N) is 1. The standard InChI is InChI=1S/C8H17N3O2S/c1-11(5-7(10)12)8(13)6(9)3-4-14-2/h6H,3-5,9H2,1-2H3,(H2,10,12)/t6-/m0/s1. The quantitative estimate of drug-likeness (QED) is 0.600. The monoisotopic (exact) mass is 219 g/mol. The largest absolute Gasteiger partial charge is 0.368 e. The number of carbonyl (C=O) groups excluding carboxylic acids is 2. The lowest BCUT2D eigenvalue weighted by atomic mass is 10.2. The van der Waals surface area contributed by atoms with Crippen molar-refractivity contribution in [2.24, 2.45) is 11.5 Å². The summed E-state index contributed by atoms with van der Waals surface area (Å²) in [5, 5.41) is 0. The van der Waals surface area contributed by atoms with E-state index >= 15 is 0 Å². The highest BCUT2D eigenvalue weighted by Gasteiger charge is 2.18. The minimum atomic E-state index is -0.535. The minimum Gasteiger partial charge on any atom is -0.368 e. The molecule has 0 rings (SSSR count). The number of likely N-dealkylation sites (N-methyl/N-ethyl adjacent to an activating group) is 1. The van der Waals surface area contributed by atoms with Gasteiger partial charge in [0.1, 0.15) is 0 Å². The first kappa shape index (κ1) is 13.2. The van der Waals surface area contributed by atoms with Crippen molar-refractivity contribution < 1.29 is 9.59 Å². The van der Waals surface area contributed by atoms with Crippen LogP contribution in [0, 0.1) is 0 Å². The lowest BCUT2D eigenvalue weighted by Crippen LogP contribution is -2.45. The van der Waals surface area contributed by atoms with Gasteiger partial charge in [-0.25, -0.2) is 0 Å². The number of primary amides is 1. The maximum absolute atomic E-state index is 11.5. The Hall–Kier alpha value is -0.750. The van der Waals surface area contributed by atoms with Crippen LogP contribution in [0.2, 0.25) is 0 Å². The van der Waals surface area contributed by atoms with E-state index < -0.39 is 11.9 Å². The van der Waals surface area contributed by atoms with Crippen LogP contribution in [0.15, 0.2) is 0 Å². The Labute approximate surface area is 88.2 Å². The molecule has 0 radical (unpaired) electrons. The predicted molar refractivity (Wildman–Crippen MR) is 57.8 cm³/mol. The van der Waals surface area contributed by atoms with Gasteiger partial charge in [0.05, 0.1) is 12.6 Å². The molecule has 2 amide bonds. The van der Waals surface area contributed by atoms with Crippen molar-refractivity contribution in [1.82, 2.24) is 4.90 Å². The Morgan fingerprint density at radius 1 is 1.50 bits per heavy atom. The van der Waals surface area contributed by atoms with E-state index in [1.807, 2.05) is 6.26 Å². The normalized spacial score (nSPS) is 12.2. The lowest BCUT2D eigenvalue weighted by molar-refractivity contribution is -0.134. The lowest BCUT2D eigenvalue weighted by Gasteiger charge is -2.19. The molecular formula is C8H17N3O2S. The van der Waals surface area contributed by atoms with Crippen LogP contribution in [-0.4, -0.2) is 48.4 Å². The van der Waals surface area contributed by atoms with E-state index in [2.05, 4.69) is 0 Å². The van der Waals surface area contributed by atoms with Gasteiger partial charge in [-0.2, -0.15) is 11.8 Å². The smallest absolute Gasteiger partial charge is 0.239 e. The maximum Gasteiger partial charge on any atom is 0.239 e. The first-order valence-corrected chi connectivity index (χ1v) is 5.66. The Bertz CT molecular complexity index is 211. The van der Waals surface area contributed by atoms with Crippen molar-refractivity contribution in [1.29, 1.82) is 0 Å². The van der Waals surface area contributed by atoms with E-state index in [-0.39, 0.29) is 12.5 Å². The molecule has 82 valence electrons. The number of thioether (sulfide) groups is 1. The first-order chi connectivity index (χ1) is 6.49. The van der Waals surface area contributed by atoms with E-state index in [4.69, 9.17) is 11.5 Å². The van der Waals surface area contributed by atoms with Gasteiger partial charge in [0, 0.05) is 7.05 Å². The van der Waals surface area contributed by atoms with Crippen molar-refractivity contribution in [3.63, 3.8) is 0 Å². The average molecular weight is 219 g/mol. The summed E-state index contributed by atoms with van der Waals surface area (Å²) < 4.78 is 0. The summed E-state index contributed by atoms with van der Waals surface area (Å²) in [5.74, 6) is 0.0629. The van der Waals surface area contributed by atoms with Crippen molar-refractivity contribution >= 4 is 23.6 Å². The summed E-state index contributed by atoms with van der Waals surface area (Å²) >= 11 is 1.63. The molecule has 0 bridgehead atoms. The van der Waals surface area contributed by atoms with Crippen LogP contribution in [0.4, 0.5) is 0 Å². The van der Waals surface area contributed by atoms with Crippen LogP contribution in [-0.2, 0) is 9.59 Å². The number of carbonyl (C=O) groups is 2. The van der Waals surface area contributed by atoms with E-state index in [0.29, 0.717) is 6.42 Å². The van der Waals surface area contributed by atoms with Gasteiger partial charge in [-0.3, -0.25) is 9.59 Å². The number of hydrogen-bond acceptors (Lipinski definition) is 4. The van der Waals surface area contributed by atoms with E-state index in [9.17, 15) is 9.59 Å². The van der Waals surface area contributed by atoms with Crippen LogP contribution in [0.1, 0.15) is 6.42 Å². The highest BCUT2D eigenvalue weighted by molar-refractivity contribution is 7.98. The molecular weight excluding hydrogens is 202 g/mol. The van der Waals surface area contributed by atoms with Gasteiger partial charge in [-0.15, -0.1) is 0 Å². The average Bonchev–Trinajstić information content (AvgIpc) is 2.11. The molecule has 0 spiro atoms. The van der Waals surface area contributed by atoms with Crippen LogP contribution >= 0.6 is 11.8 Å². The molecule has 14 heavy (non-hydrogen) atoms. The number of rotatable bonds is 6. The summed E-state index contributed by atoms with van der Waals surface area (Å²) in [7, 11) is 1.52. The zero-order valence-electron chi connectivity index (χ0n) is 8.53. The molecule has 0 aliphatic rings. The third kappa shape index (κ3) is 5.08. The van der Waals surface area contributed by atoms with E-state index in [1.54, 1.807) is 11.8 Å². The van der Waals surface area contributed by atoms with Gasteiger partial charge in [-0.05, 0) is 18.4 Å². The molecule has 0 saturated heterocycles. The minimum absolute atomic E-state index is 0.0776. The molecule has 6 heteroatoms. The summed E-state index contributed by atoms with van der Waals surface area (Å²) in [4.78, 5) is 23.3. The highest BCUT2D eigenvalue weighted by Crippen LogP contribution is 2.01. The number of hydrogen-bond donors (Lipinski definition) is 2. The topological polar surface area (TPSA) is 89.4 Å². The molecule has 0 heterocycles. The molecule has 0 aromatic heterocycles. The van der Waals surface area contributed by atoms with E-state index in [0.717, 1.165) is 5.75 Å². The predicted octanol–water partition coefficient (Wildman–Crippen LogP) is -0.989. The van der Waals surface area contributed by atoms with Crippen LogP contribution in [0.3, 0.4) is 0 Å². The Kier molecular flexibility index (Phi) is 6.31. The molecule has 5 nitrogen and oxygen atoms in total. The summed E-state index contributed by atoms with van der Waals surface area (Å²) in [5.41, 5.74) is 10.6.